The lowest BCUT2D eigenvalue weighted by atomic mass is 10.1. The quantitative estimate of drug-likeness (QED) is 0.633. The minimum atomic E-state index is -0.507. The molecule has 0 fully saturated rings. The molecule has 2 amide bonds. The van der Waals surface area contributed by atoms with Crippen molar-refractivity contribution in [1.82, 2.24) is 10.6 Å². The van der Waals surface area contributed by atoms with Gasteiger partial charge in [0.2, 0.25) is 5.91 Å². The highest BCUT2D eigenvalue weighted by atomic mass is 16.3. The fourth-order valence-electron chi connectivity index (χ4n) is 1.78. The van der Waals surface area contributed by atoms with E-state index in [1.807, 2.05) is 6.92 Å². The highest BCUT2D eigenvalue weighted by Crippen LogP contribution is 2.05. The van der Waals surface area contributed by atoms with Crippen LogP contribution in [0, 0.1) is 0 Å². The number of amides is 2. The lowest BCUT2D eigenvalue weighted by Gasteiger charge is -2.11. The molecule has 0 saturated heterocycles. The summed E-state index contributed by atoms with van der Waals surface area (Å²) in [6.45, 7) is 6.00. The third-order valence-electron chi connectivity index (χ3n) is 2.99. The van der Waals surface area contributed by atoms with Crippen LogP contribution in [0.25, 0.3) is 0 Å². The molecule has 0 spiro atoms. The van der Waals surface area contributed by atoms with Gasteiger partial charge in [-0.25, -0.2) is 0 Å². The van der Waals surface area contributed by atoms with Crippen LogP contribution in [0.1, 0.15) is 35.7 Å². The third kappa shape index (κ3) is 6.23. The minimum absolute atomic E-state index is 0.216. The van der Waals surface area contributed by atoms with E-state index in [-0.39, 0.29) is 18.4 Å². The molecule has 0 radical (unpaired) electrons. The first-order valence-corrected chi connectivity index (χ1v) is 7.02. The van der Waals surface area contributed by atoms with Crippen molar-refractivity contribution in [3.63, 3.8) is 0 Å². The van der Waals surface area contributed by atoms with E-state index in [1.165, 1.54) is 6.08 Å². The lowest BCUT2D eigenvalue weighted by molar-refractivity contribution is -0.116. The maximum atomic E-state index is 11.9. The molecule has 0 saturated carbocycles. The maximum Gasteiger partial charge on any atom is 0.251 e. The van der Waals surface area contributed by atoms with E-state index in [4.69, 9.17) is 0 Å². The van der Waals surface area contributed by atoms with Gasteiger partial charge in [0.1, 0.15) is 0 Å². The number of hydrogen-bond donors (Lipinski definition) is 3. The van der Waals surface area contributed by atoms with Crippen LogP contribution in [0.15, 0.2) is 36.9 Å². The SMILES string of the molecule is C=CC(=O)NCc1ccc(C(=O)NCC(O)CCC)cc1. The zero-order chi connectivity index (χ0) is 15.7. The summed E-state index contributed by atoms with van der Waals surface area (Å²) in [7, 11) is 0. The summed E-state index contributed by atoms with van der Waals surface area (Å²) in [5.74, 6) is -0.450. The van der Waals surface area contributed by atoms with E-state index in [9.17, 15) is 14.7 Å². The Morgan fingerprint density at radius 1 is 1.29 bits per heavy atom. The number of rotatable bonds is 8. The number of aliphatic hydroxyl groups excluding tert-OH is 1. The second-order valence-corrected chi connectivity index (χ2v) is 4.77. The fourth-order valence-corrected chi connectivity index (χ4v) is 1.78. The number of carbonyl (C=O) groups excluding carboxylic acids is 2. The molecule has 114 valence electrons. The lowest BCUT2D eigenvalue weighted by Crippen LogP contribution is -2.32. The molecule has 0 aliphatic heterocycles. The van der Waals surface area contributed by atoms with Crippen molar-refractivity contribution >= 4 is 11.8 Å². The molecule has 3 N–H and O–H groups in total. The summed E-state index contributed by atoms with van der Waals surface area (Å²) in [6, 6.07) is 6.94. The summed E-state index contributed by atoms with van der Waals surface area (Å²) in [4.78, 5) is 22.9. The summed E-state index contributed by atoms with van der Waals surface area (Å²) < 4.78 is 0. The Hall–Kier alpha value is -2.14. The van der Waals surface area contributed by atoms with Crippen LogP contribution in [0.5, 0.6) is 0 Å². The van der Waals surface area contributed by atoms with Crippen molar-refractivity contribution < 1.29 is 14.7 Å². The standard InChI is InChI=1S/C16H22N2O3/c1-3-5-14(19)11-18-16(21)13-8-6-12(7-9-13)10-17-15(20)4-2/h4,6-9,14,19H,2-3,5,10-11H2,1H3,(H,17,20)(H,18,21). The first-order valence-electron chi connectivity index (χ1n) is 7.02. The van der Waals surface area contributed by atoms with Crippen molar-refractivity contribution in [2.45, 2.75) is 32.4 Å². The molecule has 1 aromatic carbocycles. The average molecular weight is 290 g/mol. The Labute approximate surface area is 125 Å². The molecule has 0 aliphatic carbocycles. The minimum Gasteiger partial charge on any atom is -0.391 e. The van der Waals surface area contributed by atoms with Crippen molar-refractivity contribution in [2.75, 3.05) is 6.54 Å². The van der Waals surface area contributed by atoms with Crippen LogP contribution in [0.3, 0.4) is 0 Å². The number of hydrogen-bond acceptors (Lipinski definition) is 3. The Morgan fingerprint density at radius 3 is 2.52 bits per heavy atom. The number of aliphatic hydroxyl groups is 1. The smallest absolute Gasteiger partial charge is 0.251 e. The van der Waals surface area contributed by atoms with Gasteiger partial charge in [-0.15, -0.1) is 0 Å². The van der Waals surface area contributed by atoms with Crippen LogP contribution < -0.4 is 10.6 Å². The zero-order valence-electron chi connectivity index (χ0n) is 12.3. The van der Waals surface area contributed by atoms with Gasteiger partial charge in [-0.3, -0.25) is 9.59 Å². The first kappa shape index (κ1) is 16.9. The summed E-state index contributed by atoms with van der Waals surface area (Å²) in [5, 5.41) is 14.9. The Morgan fingerprint density at radius 2 is 1.95 bits per heavy atom. The predicted molar refractivity (Wildman–Crippen MR) is 81.7 cm³/mol. The van der Waals surface area contributed by atoms with Crippen LogP contribution in [-0.4, -0.2) is 29.6 Å². The normalized spacial score (nSPS) is 11.5. The monoisotopic (exact) mass is 290 g/mol. The van der Waals surface area contributed by atoms with Gasteiger partial charge in [-0.1, -0.05) is 32.1 Å². The molecule has 5 heteroatoms. The van der Waals surface area contributed by atoms with E-state index in [0.29, 0.717) is 18.5 Å². The van der Waals surface area contributed by atoms with E-state index in [0.717, 1.165) is 12.0 Å². The Balaban J connectivity index is 2.47. The van der Waals surface area contributed by atoms with Crippen LogP contribution >= 0.6 is 0 Å². The van der Waals surface area contributed by atoms with Crippen LogP contribution in [0.4, 0.5) is 0 Å². The van der Waals surface area contributed by atoms with Gasteiger partial charge in [0, 0.05) is 18.7 Å². The van der Waals surface area contributed by atoms with Gasteiger partial charge in [-0.2, -0.15) is 0 Å². The molecule has 0 aliphatic rings. The van der Waals surface area contributed by atoms with Gasteiger partial charge in [0.15, 0.2) is 0 Å². The molecule has 21 heavy (non-hydrogen) atoms. The van der Waals surface area contributed by atoms with Gasteiger partial charge in [0.25, 0.3) is 5.91 Å². The van der Waals surface area contributed by atoms with E-state index >= 15 is 0 Å². The van der Waals surface area contributed by atoms with Gasteiger partial charge < -0.3 is 15.7 Å². The Bertz CT molecular complexity index is 483. The second kappa shape index (κ2) is 8.92. The van der Waals surface area contributed by atoms with E-state index in [1.54, 1.807) is 24.3 Å². The predicted octanol–water partition coefficient (Wildman–Crippen LogP) is 1.38. The summed E-state index contributed by atoms with van der Waals surface area (Å²) in [6.07, 6.45) is 2.25. The van der Waals surface area contributed by atoms with E-state index in [2.05, 4.69) is 17.2 Å². The van der Waals surface area contributed by atoms with Crippen LogP contribution in [-0.2, 0) is 11.3 Å². The summed E-state index contributed by atoms with van der Waals surface area (Å²) >= 11 is 0. The highest BCUT2D eigenvalue weighted by molar-refractivity contribution is 5.94. The molecule has 1 unspecified atom stereocenters. The Kier molecular flexibility index (Phi) is 7.18. The average Bonchev–Trinajstić information content (AvgIpc) is 2.51. The molecule has 1 rings (SSSR count). The van der Waals surface area contributed by atoms with Gasteiger partial charge >= 0.3 is 0 Å². The van der Waals surface area contributed by atoms with Gasteiger partial charge in [-0.05, 0) is 30.2 Å². The maximum absolute atomic E-state index is 11.9. The molecule has 0 aromatic heterocycles. The fraction of sp³-hybridized carbons (Fsp3) is 0.375. The second-order valence-electron chi connectivity index (χ2n) is 4.77. The highest BCUT2D eigenvalue weighted by Gasteiger charge is 2.08. The van der Waals surface area contributed by atoms with Crippen molar-refractivity contribution in [3.8, 4) is 0 Å². The molecule has 1 atom stereocenters. The third-order valence-corrected chi connectivity index (χ3v) is 2.99. The number of benzene rings is 1. The summed E-state index contributed by atoms with van der Waals surface area (Å²) in [5.41, 5.74) is 1.42. The van der Waals surface area contributed by atoms with Crippen molar-refractivity contribution in [3.05, 3.63) is 48.0 Å². The molecular formula is C16H22N2O3. The van der Waals surface area contributed by atoms with Crippen molar-refractivity contribution in [2.24, 2.45) is 0 Å². The topological polar surface area (TPSA) is 78.4 Å². The van der Waals surface area contributed by atoms with E-state index < -0.39 is 6.10 Å². The molecule has 0 bridgehead atoms. The molecule has 0 heterocycles. The molecule has 1 aromatic rings. The molecule has 5 nitrogen and oxygen atoms in total. The largest absolute Gasteiger partial charge is 0.391 e. The van der Waals surface area contributed by atoms with Crippen LogP contribution in [0.2, 0.25) is 0 Å². The number of nitrogens with one attached hydrogen (secondary N) is 2. The molecular weight excluding hydrogens is 268 g/mol. The first-order chi connectivity index (χ1) is 10.1. The van der Waals surface area contributed by atoms with Crippen molar-refractivity contribution in [1.29, 1.82) is 0 Å². The van der Waals surface area contributed by atoms with Gasteiger partial charge in [0.05, 0.1) is 6.10 Å². The zero-order valence-corrected chi connectivity index (χ0v) is 12.3. The number of carbonyl (C=O) groups is 2.